The molecule has 8 nitrogen and oxygen atoms in total. The van der Waals surface area contributed by atoms with E-state index < -0.39 is 50.0 Å². The predicted molar refractivity (Wildman–Crippen MR) is 120 cm³/mol. The Labute approximate surface area is 193 Å². The minimum absolute atomic E-state index is 0.0637. The van der Waals surface area contributed by atoms with Gasteiger partial charge in [-0.3, -0.25) is 0 Å². The molecule has 0 aromatic rings. The van der Waals surface area contributed by atoms with Crippen molar-refractivity contribution in [3.8, 4) is 0 Å². The Balaban J connectivity index is 1.87. The molecular weight excluding hydrogens is 432 g/mol. The molecule has 3 rings (SSSR count). The van der Waals surface area contributed by atoms with Crippen LogP contribution in [0.25, 0.3) is 0 Å². The number of rotatable bonds is 6. The predicted octanol–water partition coefficient (Wildman–Crippen LogP) is 3.89. The van der Waals surface area contributed by atoms with Gasteiger partial charge in [0.15, 0.2) is 26.0 Å². The summed E-state index contributed by atoms with van der Waals surface area (Å²) in [5, 5.41) is -0.0637. The highest BCUT2D eigenvalue weighted by molar-refractivity contribution is 6.74. The van der Waals surface area contributed by atoms with Crippen LogP contribution in [0.2, 0.25) is 18.1 Å². The van der Waals surface area contributed by atoms with Crippen LogP contribution in [0.15, 0.2) is 12.7 Å². The fraction of sp³-hybridized carbons (Fsp3) is 0.870. The van der Waals surface area contributed by atoms with Gasteiger partial charge >= 0.3 is 5.97 Å². The van der Waals surface area contributed by atoms with Crippen LogP contribution in [0.4, 0.5) is 0 Å². The van der Waals surface area contributed by atoms with Gasteiger partial charge in [0, 0.05) is 6.42 Å². The van der Waals surface area contributed by atoms with Crippen molar-refractivity contribution in [3.63, 3.8) is 0 Å². The van der Waals surface area contributed by atoms with Crippen LogP contribution in [0.5, 0.6) is 0 Å². The van der Waals surface area contributed by atoms with E-state index in [-0.39, 0.29) is 24.4 Å². The molecule has 9 heteroatoms. The maximum Gasteiger partial charge on any atom is 0.334 e. The van der Waals surface area contributed by atoms with Gasteiger partial charge in [0.05, 0.1) is 6.61 Å². The van der Waals surface area contributed by atoms with Gasteiger partial charge in [-0.1, -0.05) is 26.8 Å². The van der Waals surface area contributed by atoms with Crippen LogP contribution in [-0.2, 0) is 37.6 Å². The average molecular weight is 473 g/mol. The van der Waals surface area contributed by atoms with Gasteiger partial charge < -0.3 is 32.8 Å². The molecule has 0 N–H and O–H groups in total. The molecule has 3 heterocycles. The molecule has 0 bridgehead atoms. The van der Waals surface area contributed by atoms with E-state index in [0.717, 1.165) is 0 Å². The monoisotopic (exact) mass is 472 g/mol. The van der Waals surface area contributed by atoms with Gasteiger partial charge in [-0.25, -0.2) is 4.79 Å². The Bertz CT molecular complexity index is 726. The molecule has 0 radical (unpaired) electrons. The maximum absolute atomic E-state index is 13.4. The third-order valence-corrected chi connectivity index (χ3v) is 11.1. The summed E-state index contributed by atoms with van der Waals surface area (Å²) >= 11 is 0. The van der Waals surface area contributed by atoms with E-state index in [4.69, 9.17) is 32.8 Å². The lowest BCUT2D eigenvalue weighted by atomic mass is 9.97. The van der Waals surface area contributed by atoms with E-state index in [2.05, 4.69) is 40.4 Å². The SMILES string of the molecule is C=CC[C@@H](O[Si](C)(C)C(C)(C)C)C(=O)O[C@H]1[C@@H]2OC(C)(C)O[C@@H]2CO[C@]12COC(C)(C)O2. The van der Waals surface area contributed by atoms with Crippen LogP contribution in [0.1, 0.15) is 54.9 Å². The van der Waals surface area contributed by atoms with Crippen molar-refractivity contribution >= 4 is 14.3 Å². The van der Waals surface area contributed by atoms with Crippen LogP contribution in [0.3, 0.4) is 0 Å². The fourth-order valence-corrected chi connectivity index (χ4v) is 5.26. The summed E-state index contributed by atoms with van der Waals surface area (Å²) in [5.74, 6) is -3.49. The van der Waals surface area contributed by atoms with Gasteiger partial charge in [0.1, 0.15) is 24.9 Å². The first-order chi connectivity index (χ1) is 14.5. The van der Waals surface area contributed by atoms with Crippen LogP contribution >= 0.6 is 0 Å². The molecule has 184 valence electrons. The molecule has 3 saturated heterocycles. The van der Waals surface area contributed by atoms with Crippen molar-refractivity contribution in [3.05, 3.63) is 12.7 Å². The lowest BCUT2D eigenvalue weighted by Gasteiger charge is -2.44. The van der Waals surface area contributed by atoms with Crippen molar-refractivity contribution in [1.29, 1.82) is 0 Å². The summed E-state index contributed by atoms with van der Waals surface area (Å²) in [5.41, 5.74) is 0. The second kappa shape index (κ2) is 8.44. The summed E-state index contributed by atoms with van der Waals surface area (Å²) in [6.07, 6.45) is -0.599. The molecule has 0 aromatic heterocycles. The summed E-state index contributed by atoms with van der Waals surface area (Å²) < 4.78 is 42.7. The minimum Gasteiger partial charge on any atom is -0.452 e. The molecule has 0 aromatic carbocycles. The normalized spacial score (nSPS) is 34.8. The largest absolute Gasteiger partial charge is 0.452 e. The molecule has 0 aliphatic carbocycles. The van der Waals surface area contributed by atoms with Gasteiger partial charge in [-0.2, -0.15) is 0 Å². The van der Waals surface area contributed by atoms with Gasteiger partial charge in [-0.15, -0.1) is 6.58 Å². The van der Waals surface area contributed by atoms with E-state index in [1.165, 1.54) is 0 Å². The van der Waals surface area contributed by atoms with E-state index in [0.29, 0.717) is 6.42 Å². The maximum atomic E-state index is 13.4. The van der Waals surface area contributed by atoms with E-state index in [9.17, 15) is 4.79 Å². The quantitative estimate of drug-likeness (QED) is 0.327. The van der Waals surface area contributed by atoms with Crippen molar-refractivity contribution in [1.82, 2.24) is 0 Å². The molecule has 0 unspecified atom stereocenters. The molecule has 3 fully saturated rings. The third kappa shape index (κ3) is 5.14. The molecule has 32 heavy (non-hydrogen) atoms. The summed E-state index contributed by atoms with van der Waals surface area (Å²) in [6.45, 7) is 22.0. The van der Waals surface area contributed by atoms with Gasteiger partial charge in [-0.05, 0) is 45.8 Å². The molecule has 5 atom stereocenters. The van der Waals surface area contributed by atoms with Crippen molar-refractivity contribution in [2.75, 3.05) is 13.2 Å². The zero-order valence-corrected chi connectivity index (χ0v) is 22.0. The molecule has 3 aliphatic rings. The van der Waals surface area contributed by atoms with Gasteiger partial charge in [0.25, 0.3) is 0 Å². The Morgan fingerprint density at radius 3 is 2.34 bits per heavy atom. The van der Waals surface area contributed by atoms with Crippen LogP contribution in [-0.4, -0.2) is 69.3 Å². The molecule has 3 aliphatic heterocycles. The average Bonchev–Trinajstić information content (AvgIpc) is 3.11. The summed E-state index contributed by atoms with van der Waals surface area (Å²) in [4.78, 5) is 13.4. The third-order valence-electron chi connectivity index (χ3n) is 6.61. The highest BCUT2D eigenvalue weighted by atomic mass is 28.4. The second-order valence-electron chi connectivity index (χ2n) is 11.3. The number of hydrogen-bond acceptors (Lipinski definition) is 8. The molecule has 0 amide bonds. The smallest absolute Gasteiger partial charge is 0.334 e. The zero-order valence-electron chi connectivity index (χ0n) is 21.0. The Hall–Kier alpha value is -0.813. The van der Waals surface area contributed by atoms with E-state index in [1.807, 2.05) is 13.8 Å². The highest BCUT2D eigenvalue weighted by Gasteiger charge is 2.64. The van der Waals surface area contributed by atoms with E-state index >= 15 is 0 Å². The topological polar surface area (TPSA) is 81.7 Å². The Kier molecular flexibility index (Phi) is 6.81. The molecule has 1 spiro atoms. The number of ether oxygens (including phenoxy) is 6. The second-order valence-corrected chi connectivity index (χ2v) is 16.1. The molecular formula is C23H40O8Si. The highest BCUT2D eigenvalue weighted by Crippen LogP contribution is 2.45. The number of carbonyl (C=O) groups excluding carboxylic acids is 1. The standard InChI is InChI=1S/C23H40O8Si/c1-11-12-15(30-32(9,10)20(2,3)4)19(24)27-18-17-16(28-22(7,8)29-17)13-25-23(18)14-26-21(5,6)31-23/h11,15-18H,1,12-14H2,2-10H3/t15-,16-,17-,18+,23+/m1/s1. The lowest BCUT2D eigenvalue weighted by molar-refractivity contribution is -0.329. The van der Waals surface area contributed by atoms with Crippen LogP contribution < -0.4 is 0 Å². The Morgan fingerprint density at radius 2 is 1.81 bits per heavy atom. The number of hydrogen-bond donors (Lipinski definition) is 0. The molecule has 0 saturated carbocycles. The minimum atomic E-state index is -2.24. The number of carbonyl (C=O) groups is 1. The first kappa shape index (κ1) is 25.8. The first-order valence-electron chi connectivity index (χ1n) is 11.3. The van der Waals surface area contributed by atoms with Gasteiger partial charge in [0.2, 0.25) is 5.79 Å². The number of esters is 1. The van der Waals surface area contributed by atoms with Crippen molar-refractivity contribution in [2.24, 2.45) is 0 Å². The van der Waals surface area contributed by atoms with Crippen molar-refractivity contribution < 1.29 is 37.6 Å². The van der Waals surface area contributed by atoms with E-state index in [1.54, 1.807) is 19.9 Å². The lowest BCUT2D eigenvalue weighted by Crippen LogP contribution is -2.63. The Morgan fingerprint density at radius 1 is 1.16 bits per heavy atom. The van der Waals surface area contributed by atoms with Crippen LogP contribution in [0, 0.1) is 0 Å². The number of fused-ring (bicyclic) bond motifs is 1. The summed E-state index contributed by atoms with van der Waals surface area (Å²) in [7, 11) is -2.24. The van der Waals surface area contributed by atoms with Crippen molar-refractivity contribution in [2.45, 2.75) is 115 Å². The zero-order chi connectivity index (χ0) is 24.2. The first-order valence-corrected chi connectivity index (χ1v) is 14.2. The fourth-order valence-electron chi connectivity index (χ4n) is 4.00. The summed E-state index contributed by atoms with van der Waals surface area (Å²) in [6, 6.07) is 0.